The molecule has 0 atom stereocenters. The molecule has 92 valence electrons. The van der Waals surface area contributed by atoms with Gasteiger partial charge in [-0.15, -0.1) is 11.8 Å². The van der Waals surface area contributed by atoms with Crippen LogP contribution in [0.1, 0.15) is 10.4 Å². The molecule has 0 aliphatic heterocycles. The van der Waals surface area contributed by atoms with E-state index in [2.05, 4.69) is 6.07 Å². The number of hydrogen-bond acceptors (Lipinski definition) is 3. The molecule has 0 aliphatic carbocycles. The average molecular weight is 276 g/mol. The zero-order valence-electron chi connectivity index (χ0n) is 9.79. The fourth-order valence-electron chi connectivity index (χ4n) is 1.52. The van der Waals surface area contributed by atoms with Crippen LogP contribution in [0.15, 0.2) is 63.2 Å². The van der Waals surface area contributed by atoms with Gasteiger partial charge >= 0.3 is 5.97 Å². The molecule has 1 N–H and O–H groups in total. The topological polar surface area (TPSA) is 37.3 Å². The number of carboxylic acid groups (broad SMARTS) is 1. The van der Waals surface area contributed by atoms with Gasteiger partial charge in [0, 0.05) is 14.7 Å². The summed E-state index contributed by atoms with van der Waals surface area (Å²) in [6.07, 6.45) is 2.02. The van der Waals surface area contributed by atoms with Crippen molar-refractivity contribution in [3.8, 4) is 0 Å². The van der Waals surface area contributed by atoms with Crippen LogP contribution < -0.4 is 0 Å². The number of aromatic carboxylic acids is 1. The highest BCUT2D eigenvalue weighted by atomic mass is 32.2. The van der Waals surface area contributed by atoms with E-state index in [1.54, 1.807) is 23.9 Å². The Morgan fingerprint density at radius 3 is 2.50 bits per heavy atom. The van der Waals surface area contributed by atoms with Crippen LogP contribution in [-0.2, 0) is 0 Å². The van der Waals surface area contributed by atoms with E-state index in [0.717, 1.165) is 9.79 Å². The lowest BCUT2D eigenvalue weighted by Crippen LogP contribution is -1.97. The van der Waals surface area contributed by atoms with Crippen molar-refractivity contribution in [2.45, 2.75) is 14.7 Å². The standard InChI is InChI=1S/C14H12O2S2/c1-17-10-5-4-6-11(9-10)18-13-8-3-2-7-12(13)14(15)16/h2-9H,1H3,(H,15,16). The third-order valence-corrected chi connectivity index (χ3v) is 4.18. The lowest BCUT2D eigenvalue weighted by molar-refractivity contribution is 0.0693. The van der Waals surface area contributed by atoms with Gasteiger partial charge in [0.1, 0.15) is 0 Å². The zero-order chi connectivity index (χ0) is 13.0. The van der Waals surface area contributed by atoms with Crippen LogP contribution in [0.3, 0.4) is 0 Å². The highest BCUT2D eigenvalue weighted by molar-refractivity contribution is 8.00. The second-order valence-electron chi connectivity index (χ2n) is 3.58. The Kier molecular flexibility index (Phi) is 4.33. The van der Waals surface area contributed by atoms with Crippen molar-refractivity contribution in [3.63, 3.8) is 0 Å². The summed E-state index contributed by atoms with van der Waals surface area (Å²) in [5, 5.41) is 9.13. The van der Waals surface area contributed by atoms with Gasteiger partial charge in [-0.1, -0.05) is 30.0 Å². The molecule has 0 unspecified atom stereocenters. The van der Waals surface area contributed by atoms with Crippen molar-refractivity contribution >= 4 is 29.5 Å². The van der Waals surface area contributed by atoms with E-state index < -0.39 is 5.97 Å². The number of thioether (sulfide) groups is 1. The van der Waals surface area contributed by atoms with E-state index in [4.69, 9.17) is 5.11 Å². The van der Waals surface area contributed by atoms with Crippen molar-refractivity contribution < 1.29 is 9.90 Å². The molecule has 0 saturated carbocycles. The molecular weight excluding hydrogens is 264 g/mol. The Morgan fingerprint density at radius 1 is 1.06 bits per heavy atom. The Hall–Kier alpha value is -1.39. The van der Waals surface area contributed by atoms with E-state index in [0.29, 0.717) is 5.56 Å². The normalized spacial score (nSPS) is 10.3. The first-order valence-corrected chi connectivity index (χ1v) is 7.39. The quantitative estimate of drug-likeness (QED) is 0.847. The van der Waals surface area contributed by atoms with Crippen LogP contribution in [0.4, 0.5) is 0 Å². The lowest BCUT2D eigenvalue weighted by Gasteiger charge is -2.06. The van der Waals surface area contributed by atoms with E-state index >= 15 is 0 Å². The molecule has 0 aromatic heterocycles. The smallest absolute Gasteiger partial charge is 0.336 e. The first-order chi connectivity index (χ1) is 8.70. The van der Waals surface area contributed by atoms with E-state index in [-0.39, 0.29) is 0 Å². The summed E-state index contributed by atoms with van der Waals surface area (Å²) in [6, 6.07) is 15.1. The molecule has 0 fully saturated rings. The fraction of sp³-hybridized carbons (Fsp3) is 0.0714. The highest BCUT2D eigenvalue weighted by Crippen LogP contribution is 2.32. The average Bonchev–Trinajstić information content (AvgIpc) is 2.39. The van der Waals surface area contributed by atoms with Crippen molar-refractivity contribution in [2.24, 2.45) is 0 Å². The van der Waals surface area contributed by atoms with Crippen LogP contribution >= 0.6 is 23.5 Å². The fourth-order valence-corrected chi connectivity index (χ4v) is 3.06. The lowest BCUT2D eigenvalue weighted by atomic mass is 10.2. The third kappa shape index (κ3) is 3.09. The van der Waals surface area contributed by atoms with Crippen molar-refractivity contribution in [3.05, 3.63) is 54.1 Å². The van der Waals surface area contributed by atoms with Gasteiger partial charge in [-0.05, 0) is 36.6 Å². The van der Waals surface area contributed by atoms with Crippen molar-refractivity contribution in [2.75, 3.05) is 6.26 Å². The van der Waals surface area contributed by atoms with Gasteiger partial charge in [0.15, 0.2) is 0 Å². The Bertz CT molecular complexity index is 567. The van der Waals surface area contributed by atoms with Gasteiger partial charge in [-0.2, -0.15) is 0 Å². The van der Waals surface area contributed by atoms with E-state index in [1.807, 2.05) is 36.6 Å². The first-order valence-electron chi connectivity index (χ1n) is 5.35. The van der Waals surface area contributed by atoms with Crippen LogP contribution in [0.5, 0.6) is 0 Å². The molecule has 0 bridgehead atoms. The van der Waals surface area contributed by atoms with Crippen molar-refractivity contribution in [1.29, 1.82) is 0 Å². The number of carbonyl (C=O) groups is 1. The monoisotopic (exact) mass is 276 g/mol. The summed E-state index contributed by atoms with van der Waals surface area (Å²) in [5.41, 5.74) is 0.344. The summed E-state index contributed by atoms with van der Waals surface area (Å²) in [5.74, 6) is -0.890. The summed E-state index contributed by atoms with van der Waals surface area (Å²) >= 11 is 3.15. The Balaban J connectivity index is 2.31. The number of carboxylic acids is 1. The SMILES string of the molecule is CSc1cccc(Sc2ccccc2C(=O)O)c1. The maximum absolute atomic E-state index is 11.1. The Labute approximate surface area is 114 Å². The van der Waals surface area contributed by atoms with Crippen molar-refractivity contribution in [1.82, 2.24) is 0 Å². The summed E-state index contributed by atoms with van der Waals surface area (Å²) < 4.78 is 0. The maximum Gasteiger partial charge on any atom is 0.336 e. The van der Waals surface area contributed by atoms with Crippen LogP contribution in [0, 0.1) is 0 Å². The third-order valence-electron chi connectivity index (χ3n) is 2.39. The largest absolute Gasteiger partial charge is 0.478 e. The molecule has 2 nitrogen and oxygen atoms in total. The number of hydrogen-bond donors (Lipinski definition) is 1. The number of benzene rings is 2. The number of rotatable bonds is 4. The van der Waals surface area contributed by atoms with Crippen LogP contribution in [-0.4, -0.2) is 17.3 Å². The molecule has 0 radical (unpaired) electrons. The van der Waals surface area contributed by atoms with Gasteiger partial charge in [-0.3, -0.25) is 0 Å². The zero-order valence-corrected chi connectivity index (χ0v) is 11.4. The first kappa shape index (κ1) is 13.1. The molecular formula is C14H12O2S2. The van der Waals surface area contributed by atoms with E-state index in [9.17, 15) is 4.79 Å². The minimum Gasteiger partial charge on any atom is -0.478 e. The maximum atomic E-state index is 11.1. The second-order valence-corrected chi connectivity index (χ2v) is 5.58. The van der Waals surface area contributed by atoms with Crippen LogP contribution in [0.2, 0.25) is 0 Å². The van der Waals surface area contributed by atoms with Gasteiger partial charge in [0.25, 0.3) is 0 Å². The molecule has 0 amide bonds. The summed E-state index contributed by atoms with van der Waals surface area (Å²) in [7, 11) is 0. The minimum atomic E-state index is -0.890. The van der Waals surface area contributed by atoms with E-state index in [1.165, 1.54) is 16.7 Å². The molecule has 4 heteroatoms. The molecule has 0 heterocycles. The summed E-state index contributed by atoms with van der Waals surface area (Å²) in [4.78, 5) is 14.1. The molecule has 18 heavy (non-hydrogen) atoms. The molecule has 0 saturated heterocycles. The van der Waals surface area contributed by atoms with Gasteiger partial charge in [0.05, 0.1) is 5.56 Å². The van der Waals surface area contributed by atoms with Gasteiger partial charge in [-0.25, -0.2) is 4.79 Å². The molecule has 0 aliphatic rings. The molecule has 2 aromatic carbocycles. The molecule has 0 spiro atoms. The summed E-state index contributed by atoms with van der Waals surface area (Å²) in [6.45, 7) is 0. The van der Waals surface area contributed by atoms with Gasteiger partial charge < -0.3 is 5.11 Å². The van der Waals surface area contributed by atoms with Gasteiger partial charge in [0.2, 0.25) is 0 Å². The molecule has 2 rings (SSSR count). The molecule has 2 aromatic rings. The van der Waals surface area contributed by atoms with Crippen LogP contribution in [0.25, 0.3) is 0 Å². The second kappa shape index (κ2) is 5.98. The Morgan fingerprint density at radius 2 is 1.78 bits per heavy atom. The minimum absolute atomic E-state index is 0.344. The predicted molar refractivity (Wildman–Crippen MR) is 75.7 cm³/mol. The highest BCUT2D eigenvalue weighted by Gasteiger charge is 2.10. The predicted octanol–water partition coefficient (Wildman–Crippen LogP) is 4.26.